The maximum Gasteiger partial charge on any atom is 0.260 e. The van der Waals surface area contributed by atoms with Gasteiger partial charge in [-0.15, -0.1) is 0 Å². The van der Waals surface area contributed by atoms with Crippen LogP contribution in [0.3, 0.4) is 0 Å². The molecule has 0 radical (unpaired) electrons. The standard InChI is InChI=1S/C35H49N5O5S/c1-23(2)28(20-24(3)31(41)39-46(44,45)22-26-18-16-25(21-36)17-19-26)40(10)33(43)30(34(4,5)6)38-32(42)29(37-9)35(7,8)27-14-12-11-13-15-27/h11-20,23,28-30,37H,22H2,1-10H3,(H,38,42)(H,39,41)/b24-20+. The van der Waals surface area contributed by atoms with Crippen LogP contribution in [0.5, 0.6) is 0 Å². The molecule has 3 unspecified atom stereocenters. The Morgan fingerprint density at radius 1 is 0.957 bits per heavy atom. The molecule has 0 saturated carbocycles. The molecule has 2 rings (SSSR count). The lowest BCUT2D eigenvalue weighted by Crippen LogP contribution is -2.61. The molecule has 0 bridgehead atoms. The van der Waals surface area contributed by atoms with Crippen LogP contribution in [0.4, 0.5) is 0 Å². The number of nitrogens with zero attached hydrogens (tertiary/aromatic N) is 2. The molecule has 2 aromatic rings. The van der Waals surface area contributed by atoms with Crippen LogP contribution in [0, 0.1) is 22.7 Å². The Balaban J connectivity index is 2.28. The van der Waals surface area contributed by atoms with E-state index in [9.17, 15) is 22.8 Å². The minimum absolute atomic E-state index is 0.123. The van der Waals surface area contributed by atoms with Crippen molar-refractivity contribution in [2.45, 2.75) is 84.7 Å². The van der Waals surface area contributed by atoms with Crippen LogP contribution < -0.4 is 15.4 Å². The Kier molecular flexibility index (Phi) is 12.9. The number of benzene rings is 2. The number of nitrogens with one attached hydrogen (secondary N) is 3. The molecule has 0 saturated heterocycles. The first-order chi connectivity index (χ1) is 21.2. The number of sulfonamides is 1. The SMILES string of the molecule is CNC(C(=O)NC(C(=O)N(C)C(/C=C(\C)C(=O)NS(=O)(=O)Cc1ccc(C#N)cc1)C(C)C)C(C)(C)C)C(C)(C)c1ccccc1. The van der Waals surface area contributed by atoms with E-state index in [0.29, 0.717) is 11.1 Å². The topological polar surface area (TPSA) is 148 Å². The van der Waals surface area contributed by atoms with Crippen molar-refractivity contribution in [1.29, 1.82) is 5.26 Å². The highest BCUT2D eigenvalue weighted by atomic mass is 32.2. The molecule has 10 nitrogen and oxygen atoms in total. The summed E-state index contributed by atoms with van der Waals surface area (Å²) in [5.41, 5.74) is 0.664. The van der Waals surface area contributed by atoms with Gasteiger partial charge in [0.25, 0.3) is 5.91 Å². The Hall–Kier alpha value is -4.01. The normalized spacial score (nSPS) is 14.5. The number of carbonyl (C=O) groups excluding carboxylic acids is 3. The molecule has 0 aliphatic heterocycles. The smallest absolute Gasteiger partial charge is 0.260 e. The van der Waals surface area contributed by atoms with E-state index in [1.807, 2.05) is 84.9 Å². The van der Waals surface area contributed by atoms with Crippen LogP contribution >= 0.6 is 0 Å². The highest BCUT2D eigenvalue weighted by Crippen LogP contribution is 2.29. The summed E-state index contributed by atoms with van der Waals surface area (Å²) >= 11 is 0. The highest BCUT2D eigenvalue weighted by molar-refractivity contribution is 7.89. The lowest BCUT2D eigenvalue weighted by atomic mass is 9.76. The monoisotopic (exact) mass is 651 g/mol. The van der Waals surface area contributed by atoms with Gasteiger partial charge in [0.2, 0.25) is 21.8 Å². The molecule has 3 N–H and O–H groups in total. The number of rotatable bonds is 13. The maximum atomic E-state index is 14.1. The Morgan fingerprint density at radius 3 is 2.00 bits per heavy atom. The summed E-state index contributed by atoms with van der Waals surface area (Å²) in [6.07, 6.45) is 1.57. The second kappa shape index (κ2) is 15.5. The fourth-order valence-corrected chi connectivity index (χ4v) is 6.46. The van der Waals surface area contributed by atoms with Crippen LogP contribution in [0.1, 0.15) is 72.1 Å². The van der Waals surface area contributed by atoms with E-state index in [-0.39, 0.29) is 23.3 Å². The lowest BCUT2D eigenvalue weighted by Gasteiger charge is -2.40. The van der Waals surface area contributed by atoms with E-state index in [0.717, 1.165) is 5.56 Å². The van der Waals surface area contributed by atoms with Crippen LogP contribution in [-0.4, -0.2) is 63.3 Å². The summed E-state index contributed by atoms with van der Waals surface area (Å²) < 4.78 is 27.6. The number of likely N-dealkylation sites (N-methyl/N-ethyl adjacent to an activating group) is 2. The van der Waals surface area contributed by atoms with Crippen molar-refractivity contribution >= 4 is 27.7 Å². The van der Waals surface area contributed by atoms with Crippen LogP contribution in [0.2, 0.25) is 0 Å². The summed E-state index contributed by atoms with van der Waals surface area (Å²) in [7, 11) is -0.707. The highest BCUT2D eigenvalue weighted by Gasteiger charge is 2.41. The molecule has 11 heteroatoms. The number of hydrogen-bond acceptors (Lipinski definition) is 7. The van der Waals surface area contributed by atoms with Crippen molar-refractivity contribution in [2.24, 2.45) is 11.3 Å². The first kappa shape index (κ1) is 38.2. The second-order valence-corrected chi connectivity index (χ2v) is 15.4. The molecular weight excluding hydrogens is 602 g/mol. The van der Waals surface area contributed by atoms with Crippen LogP contribution in [0.25, 0.3) is 0 Å². The zero-order valence-corrected chi connectivity index (χ0v) is 29.5. The van der Waals surface area contributed by atoms with Crippen molar-refractivity contribution in [1.82, 2.24) is 20.3 Å². The largest absolute Gasteiger partial charge is 0.342 e. The average Bonchev–Trinajstić information content (AvgIpc) is 2.97. The summed E-state index contributed by atoms with van der Waals surface area (Å²) in [4.78, 5) is 42.3. The fourth-order valence-electron chi connectivity index (χ4n) is 5.31. The zero-order valence-electron chi connectivity index (χ0n) is 28.6. The van der Waals surface area contributed by atoms with Crippen LogP contribution in [-0.2, 0) is 35.6 Å². The van der Waals surface area contributed by atoms with Crippen molar-refractivity contribution in [3.05, 3.63) is 82.9 Å². The number of amides is 3. The Labute approximate surface area is 274 Å². The molecule has 250 valence electrons. The minimum Gasteiger partial charge on any atom is -0.342 e. The van der Waals surface area contributed by atoms with Gasteiger partial charge in [-0.05, 0) is 48.6 Å². The first-order valence-electron chi connectivity index (χ1n) is 15.3. The third-order valence-corrected chi connectivity index (χ3v) is 9.34. The van der Waals surface area contributed by atoms with Gasteiger partial charge in [0.15, 0.2) is 0 Å². The Morgan fingerprint density at radius 2 is 1.52 bits per heavy atom. The summed E-state index contributed by atoms with van der Waals surface area (Å²) in [5.74, 6) is -2.06. The predicted octanol–water partition coefficient (Wildman–Crippen LogP) is 4.03. The van der Waals surface area contributed by atoms with Gasteiger partial charge in [-0.25, -0.2) is 13.1 Å². The van der Waals surface area contributed by atoms with Gasteiger partial charge < -0.3 is 15.5 Å². The molecule has 0 aliphatic carbocycles. The molecule has 0 heterocycles. The van der Waals surface area contributed by atoms with Crippen LogP contribution in [0.15, 0.2) is 66.2 Å². The van der Waals surface area contributed by atoms with E-state index in [1.165, 1.54) is 36.1 Å². The summed E-state index contributed by atoms with van der Waals surface area (Å²) in [6.45, 7) is 14.8. The number of hydrogen-bond donors (Lipinski definition) is 3. The van der Waals surface area contributed by atoms with Gasteiger partial charge in [-0.2, -0.15) is 5.26 Å². The van der Waals surface area contributed by atoms with Gasteiger partial charge in [-0.3, -0.25) is 14.4 Å². The molecule has 3 amide bonds. The number of nitriles is 1. The molecule has 2 aromatic carbocycles. The molecule has 0 fully saturated rings. The van der Waals surface area contributed by atoms with E-state index in [4.69, 9.17) is 5.26 Å². The van der Waals surface area contributed by atoms with Crippen molar-refractivity contribution < 1.29 is 22.8 Å². The van der Waals surface area contributed by atoms with Crippen molar-refractivity contribution in [3.63, 3.8) is 0 Å². The Bertz CT molecular complexity index is 1550. The third-order valence-electron chi connectivity index (χ3n) is 8.13. The quantitative estimate of drug-likeness (QED) is 0.277. The summed E-state index contributed by atoms with van der Waals surface area (Å²) in [5, 5.41) is 15.1. The minimum atomic E-state index is -4.04. The van der Waals surface area contributed by atoms with E-state index >= 15 is 0 Å². The van der Waals surface area contributed by atoms with Gasteiger partial charge in [-0.1, -0.05) is 97.0 Å². The third kappa shape index (κ3) is 9.99. The molecule has 0 spiro atoms. The second-order valence-electron chi connectivity index (χ2n) is 13.6. The summed E-state index contributed by atoms with van der Waals surface area (Å²) in [6, 6.07) is 15.6. The fraction of sp³-hybridized carbons (Fsp3) is 0.486. The van der Waals surface area contributed by atoms with Gasteiger partial charge >= 0.3 is 0 Å². The first-order valence-corrected chi connectivity index (χ1v) is 16.9. The molecular formula is C35H49N5O5S. The number of carbonyl (C=O) groups is 3. The van der Waals surface area contributed by atoms with Gasteiger partial charge in [0, 0.05) is 18.0 Å². The molecule has 3 atom stereocenters. The van der Waals surface area contributed by atoms with E-state index < -0.39 is 50.6 Å². The average molecular weight is 652 g/mol. The molecule has 0 aromatic heterocycles. The molecule has 46 heavy (non-hydrogen) atoms. The predicted molar refractivity (Wildman–Crippen MR) is 181 cm³/mol. The zero-order chi connectivity index (χ0) is 35.0. The van der Waals surface area contributed by atoms with E-state index in [2.05, 4.69) is 15.4 Å². The van der Waals surface area contributed by atoms with Crippen molar-refractivity contribution in [2.75, 3.05) is 14.1 Å². The maximum absolute atomic E-state index is 14.1. The van der Waals surface area contributed by atoms with Gasteiger partial charge in [0.1, 0.15) is 6.04 Å². The lowest BCUT2D eigenvalue weighted by molar-refractivity contribution is -0.140. The molecule has 0 aliphatic rings. The van der Waals surface area contributed by atoms with Gasteiger partial charge in [0.05, 0.1) is 29.5 Å². The van der Waals surface area contributed by atoms with Crippen molar-refractivity contribution in [3.8, 4) is 6.07 Å². The van der Waals surface area contributed by atoms with E-state index in [1.54, 1.807) is 20.2 Å².